The van der Waals surface area contributed by atoms with Gasteiger partial charge in [-0.25, -0.2) is 35.1 Å². The Kier molecular flexibility index (Phi) is 4.24. The molecule has 0 saturated heterocycles. The van der Waals surface area contributed by atoms with E-state index in [0.29, 0.717) is 0 Å². The molecular weight excluding hydrogens is 437 g/mol. The number of hydrogen-bond donors (Lipinski definition) is 1. The maximum absolute atomic E-state index is 13.7. The number of halogens is 9. The van der Waals surface area contributed by atoms with E-state index in [1.165, 1.54) is 0 Å². The highest BCUT2D eigenvalue weighted by Crippen LogP contribution is 2.38. The zero-order chi connectivity index (χ0) is 16.9. The van der Waals surface area contributed by atoms with Crippen molar-refractivity contribution >= 4 is 28.3 Å². The smallest absolute Gasteiger partial charge is 0.185 e. The molecule has 0 aromatic heterocycles. The van der Waals surface area contributed by atoms with Crippen LogP contribution in [0.3, 0.4) is 0 Å². The van der Waals surface area contributed by atoms with Gasteiger partial charge in [-0.1, -0.05) is 0 Å². The number of benzene rings is 2. The Labute approximate surface area is 130 Å². The summed E-state index contributed by atoms with van der Waals surface area (Å²) in [5, 5.41) is 0. The SMILES string of the molecule is Nc1c(F)c(F)c(-c2c(F)c(F)c(I)c(F)c2F)c(F)c1F. The number of nitrogen functional groups attached to an aromatic ring is 1. The highest BCUT2D eigenvalue weighted by Gasteiger charge is 2.32. The Morgan fingerprint density at radius 1 is 0.500 bits per heavy atom. The van der Waals surface area contributed by atoms with Gasteiger partial charge in [0.25, 0.3) is 0 Å². The van der Waals surface area contributed by atoms with E-state index in [1.54, 1.807) is 0 Å². The van der Waals surface area contributed by atoms with Crippen LogP contribution >= 0.6 is 22.6 Å². The van der Waals surface area contributed by atoms with Gasteiger partial charge >= 0.3 is 0 Å². The molecule has 10 heteroatoms. The Morgan fingerprint density at radius 2 is 0.773 bits per heavy atom. The largest absolute Gasteiger partial charge is 0.394 e. The van der Waals surface area contributed by atoms with Gasteiger partial charge in [0.2, 0.25) is 0 Å². The zero-order valence-corrected chi connectivity index (χ0v) is 12.1. The van der Waals surface area contributed by atoms with E-state index in [0.717, 1.165) is 22.6 Å². The Bertz CT molecular complexity index is 679. The minimum Gasteiger partial charge on any atom is -0.394 e. The second kappa shape index (κ2) is 5.56. The molecule has 0 amide bonds. The molecule has 2 aromatic carbocycles. The van der Waals surface area contributed by atoms with E-state index in [9.17, 15) is 35.1 Å². The lowest BCUT2D eigenvalue weighted by Crippen LogP contribution is -2.10. The fourth-order valence-electron chi connectivity index (χ4n) is 1.69. The first-order chi connectivity index (χ1) is 10.1. The predicted octanol–water partition coefficient (Wildman–Crippen LogP) is 4.65. The molecule has 2 N–H and O–H groups in total. The predicted molar refractivity (Wildman–Crippen MR) is 68.7 cm³/mol. The summed E-state index contributed by atoms with van der Waals surface area (Å²) >= 11 is 0.907. The Balaban J connectivity index is 3.03. The molecule has 0 aliphatic carbocycles. The normalized spacial score (nSPS) is 11.1. The molecule has 0 spiro atoms. The molecule has 0 bridgehead atoms. The monoisotopic (exact) mass is 439 g/mol. The first-order valence-electron chi connectivity index (χ1n) is 5.24. The molecule has 2 aromatic rings. The first-order valence-corrected chi connectivity index (χ1v) is 6.32. The van der Waals surface area contributed by atoms with Crippen molar-refractivity contribution < 1.29 is 35.1 Å². The van der Waals surface area contributed by atoms with Crippen LogP contribution in [0.4, 0.5) is 40.8 Å². The molecule has 0 unspecified atom stereocenters. The van der Waals surface area contributed by atoms with Gasteiger partial charge < -0.3 is 5.73 Å². The van der Waals surface area contributed by atoms with E-state index < -0.39 is 66.9 Å². The molecule has 1 nitrogen and oxygen atoms in total. The summed E-state index contributed by atoms with van der Waals surface area (Å²) < 4.78 is 107. The number of hydrogen-bond acceptors (Lipinski definition) is 1. The highest BCUT2D eigenvalue weighted by atomic mass is 127. The maximum Gasteiger partial charge on any atom is 0.185 e. The Hall–Kier alpha value is -1.59. The van der Waals surface area contributed by atoms with Gasteiger partial charge in [0, 0.05) is 0 Å². The summed E-state index contributed by atoms with van der Waals surface area (Å²) in [7, 11) is 0. The molecule has 0 aliphatic heterocycles. The Morgan fingerprint density at radius 3 is 1.09 bits per heavy atom. The van der Waals surface area contributed by atoms with Crippen LogP contribution in [0.2, 0.25) is 0 Å². The van der Waals surface area contributed by atoms with Crippen molar-refractivity contribution in [3.05, 3.63) is 50.1 Å². The second-order valence-corrected chi connectivity index (χ2v) is 5.07. The van der Waals surface area contributed by atoms with Gasteiger partial charge in [-0.3, -0.25) is 0 Å². The fraction of sp³-hybridized carbons (Fsp3) is 0. The van der Waals surface area contributed by atoms with Crippen LogP contribution < -0.4 is 5.73 Å². The molecule has 118 valence electrons. The molecular formula is C12H2F8IN. The van der Waals surface area contributed by atoms with Crippen LogP contribution in [0, 0.1) is 50.1 Å². The molecule has 0 saturated carbocycles. The van der Waals surface area contributed by atoms with E-state index in [-0.39, 0.29) is 0 Å². The van der Waals surface area contributed by atoms with Crippen LogP contribution in [0.15, 0.2) is 0 Å². The third kappa shape index (κ3) is 2.20. The van der Waals surface area contributed by atoms with E-state index in [2.05, 4.69) is 0 Å². The van der Waals surface area contributed by atoms with Crippen molar-refractivity contribution in [2.45, 2.75) is 0 Å². The topological polar surface area (TPSA) is 26.0 Å². The fourth-order valence-corrected chi connectivity index (χ4v) is 2.17. The molecule has 22 heavy (non-hydrogen) atoms. The van der Waals surface area contributed by atoms with Crippen molar-refractivity contribution in [2.75, 3.05) is 5.73 Å². The first kappa shape index (κ1) is 16.8. The van der Waals surface area contributed by atoms with Gasteiger partial charge in [0.1, 0.15) is 5.69 Å². The van der Waals surface area contributed by atoms with Gasteiger partial charge in [0.15, 0.2) is 46.5 Å². The summed E-state index contributed by atoms with van der Waals surface area (Å²) in [6.07, 6.45) is 0. The molecule has 0 aliphatic rings. The van der Waals surface area contributed by atoms with Crippen LogP contribution in [0.5, 0.6) is 0 Å². The minimum absolute atomic E-state index is 0.907. The summed E-state index contributed by atoms with van der Waals surface area (Å²) in [5.41, 5.74) is -0.704. The van der Waals surface area contributed by atoms with Crippen LogP contribution in [-0.2, 0) is 0 Å². The lowest BCUT2D eigenvalue weighted by molar-refractivity contribution is 0.439. The quantitative estimate of drug-likeness (QED) is 0.226. The molecule has 0 atom stereocenters. The van der Waals surface area contributed by atoms with E-state index in [1.807, 2.05) is 0 Å². The van der Waals surface area contributed by atoms with E-state index in [4.69, 9.17) is 5.73 Å². The summed E-state index contributed by atoms with van der Waals surface area (Å²) in [6, 6.07) is 0. The molecule has 2 rings (SSSR count). The van der Waals surface area contributed by atoms with E-state index >= 15 is 0 Å². The van der Waals surface area contributed by atoms with Crippen molar-refractivity contribution in [3.8, 4) is 11.1 Å². The third-order valence-corrected chi connectivity index (χ3v) is 3.70. The highest BCUT2D eigenvalue weighted by molar-refractivity contribution is 14.1. The average molecular weight is 439 g/mol. The molecule has 0 fully saturated rings. The lowest BCUT2D eigenvalue weighted by atomic mass is 10.0. The van der Waals surface area contributed by atoms with Gasteiger partial charge in [-0.05, 0) is 22.6 Å². The van der Waals surface area contributed by atoms with Gasteiger partial charge in [0.05, 0.1) is 14.7 Å². The third-order valence-electron chi connectivity index (χ3n) is 2.76. The number of nitrogens with two attached hydrogens (primary N) is 1. The average Bonchev–Trinajstić information content (AvgIpc) is 2.50. The van der Waals surface area contributed by atoms with Crippen LogP contribution in [-0.4, -0.2) is 0 Å². The van der Waals surface area contributed by atoms with Crippen molar-refractivity contribution in [3.63, 3.8) is 0 Å². The van der Waals surface area contributed by atoms with Crippen molar-refractivity contribution in [1.29, 1.82) is 0 Å². The maximum atomic E-state index is 13.7. The zero-order valence-electron chi connectivity index (χ0n) is 9.98. The van der Waals surface area contributed by atoms with Crippen LogP contribution in [0.25, 0.3) is 11.1 Å². The van der Waals surface area contributed by atoms with Gasteiger partial charge in [-0.15, -0.1) is 0 Å². The minimum atomic E-state index is -2.28. The number of anilines is 1. The van der Waals surface area contributed by atoms with Crippen LogP contribution in [0.1, 0.15) is 0 Å². The molecule has 0 radical (unpaired) electrons. The number of rotatable bonds is 1. The standard InChI is InChI=1S/C12H2F8IN/c13-3-1(4(14)8(18)11(21)7(3)17)2-5(15)9(19)12(22)10(20)6(2)16/h22H2. The van der Waals surface area contributed by atoms with Gasteiger partial charge in [-0.2, -0.15) is 0 Å². The second-order valence-electron chi connectivity index (χ2n) is 3.99. The van der Waals surface area contributed by atoms with Crippen molar-refractivity contribution in [2.24, 2.45) is 0 Å². The lowest BCUT2D eigenvalue weighted by Gasteiger charge is -2.13. The summed E-state index contributed by atoms with van der Waals surface area (Å²) in [5.74, 6) is -17.2. The summed E-state index contributed by atoms with van der Waals surface area (Å²) in [4.78, 5) is 0. The molecule has 0 heterocycles. The van der Waals surface area contributed by atoms with Crippen molar-refractivity contribution in [1.82, 2.24) is 0 Å². The summed E-state index contributed by atoms with van der Waals surface area (Å²) in [6.45, 7) is 0.